The van der Waals surface area contributed by atoms with Gasteiger partial charge in [0.05, 0.1) is 6.42 Å². The summed E-state index contributed by atoms with van der Waals surface area (Å²) in [4.78, 5) is 127. The topological polar surface area (TPSA) is 326 Å². The van der Waals surface area contributed by atoms with Crippen LogP contribution in [0.15, 0.2) is 85.1 Å². The lowest BCUT2D eigenvalue weighted by molar-refractivity contribution is -0.139. The van der Waals surface area contributed by atoms with Crippen LogP contribution in [-0.4, -0.2) is 124 Å². The Balaban J connectivity index is 1.61. The summed E-state index contributed by atoms with van der Waals surface area (Å²) in [6.45, 7) is 3.61. The molecule has 0 saturated carbocycles. The number of hydrogen-bond acceptors (Lipinski definition) is 12. The summed E-state index contributed by atoms with van der Waals surface area (Å²) in [6.07, 6.45) is 1.34. The van der Waals surface area contributed by atoms with Crippen molar-refractivity contribution in [2.24, 2.45) is 17.4 Å². The highest BCUT2D eigenvalue weighted by atomic mass is 35.5. The van der Waals surface area contributed by atoms with Crippen molar-refractivity contribution in [2.45, 2.75) is 108 Å². The third-order valence-electron chi connectivity index (χ3n) is 11.9. The number of carboxylic acids is 1. The van der Waals surface area contributed by atoms with Crippen molar-refractivity contribution in [1.82, 2.24) is 42.2 Å². The largest absolute Gasteiger partial charge is 0.481 e. The number of primary amides is 1. The van der Waals surface area contributed by atoms with Crippen molar-refractivity contribution in [3.05, 3.63) is 107 Å². The van der Waals surface area contributed by atoms with Gasteiger partial charge in [-0.3, -0.25) is 43.2 Å². The van der Waals surface area contributed by atoms with Crippen LogP contribution < -0.4 is 48.7 Å². The van der Waals surface area contributed by atoms with Gasteiger partial charge in [-0.1, -0.05) is 108 Å². The summed E-state index contributed by atoms with van der Waals surface area (Å²) in [6, 6.07) is 13.3. The highest BCUT2D eigenvalue weighted by molar-refractivity contribution is 8.76. The number of rotatable bonds is 18. The van der Waals surface area contributed by atoms with E-state index in [1.165, 1.54) is 0 Å². The second-order valence-electron chi connectivity index (χ2n) is 17.9. The molecule has 20 nitrogen and oxygen atoms in total. The molecule has 23 heteroatoms. The second-order valence-corrected chi connectivity index (χ2v) is 20.9. The molecule has 0 aliphatic carbocycles. The van der Waals surface area contributed by atoms with Crippen LogP contribution in [0.4, 0.5) is 0 Å². The van der Waals surface area contributed by atoms with E-state index in [-0.39, 0.29) is 43.7 Å². The smallest absolute Gasteiger partial charge is 0.303 e. The van der Waals surface area contributed by atoms with Crippen LogP contribution in [0.1, 0.15) is 62.6 Å². The molecule has 392 valence electrons. The molecule has 1 saturated heterocycles. The second kappa shape index (κ2) is 28.6. The number of carboxylic acid groups (broad SMARTS) is 1. The zero-order chi connectivity index (χ0) is 53.0. The predicted octanol–water partition coefficient (Wildman–Crippen LogP) is 1.77. The van der Waals surface area contributed by atoms with Gasteiger partial charge in [0.25, 0.3) is 0 Å². The zero-order valence-electron chi connectivity index (χ0n) is 40.5. The number of H-pyrrole nitrogens is 1. The minimum atomic E-state index is -1.39. The average Bonchev–Trinajstić information content (AvgIpc) is 3.77. The van der Waals surface area contributed by atoms with Gasteiger partial charge < -0.3 is 58.8 Å². The van der Waals surface area contributed by atoms with Gasteiger partial charge in [-0.2, -0.15) is 0 Å². The molecule has 1 fully saturated rings. The van der Waals surface area contributed by atoms with Crippen LogP contribution in [0, 0.1) is 5.92 Å². The molecule has 0 radical (unpaired) electrons. The van der Waals surface area contributed by atoms with Crippen molar-refractivity contribution in [2.75, 3.05) is 18.1 Å². The van der Waals surface area contributed by atoms with Crippen LogP contribution in [0.2, 0.25) is 5.02 Å². The number of aliphatic carboxylic acids is 1. The highest BCUT2D eigenvalue weighted by Gasteiger charge is 2.35. The summed E-state index contributed by atoms with van der Waals surface area (Å²) >= 11 is 6.19. The van der Waals surface area contributed by atoms with Crippen LogP contribution in [0.5, 0.6) is 0 Å². The Kier molecular flexibility index (Phi) is 22.4. The van der Waals surface area contributed by atoms with Crippen molar-refractivity contribution in [3.63, 3.8) is 0 Å². The molecule has 1 aromatic heterocycles. The van der Waals surface area contributed by atoms with Gasteiger partial charge in [-0.25, -0.2) is 0 Å². The van der Waals surface area contributed by atoms with E-state index in [1.54, 1.807) is 74.6 Å². The molecule has 13 N–H and O–H groups in total. The van der Waals surface area contributed by atoms with Gasteiger partial charge in [-0.15, -0.1) is 0 Å². The maximum absolute atomic E-state index is 14.8. The van der Waals surface area contributed by atoms with Gasteiger partial charge in [0.2, 0.25) is 47.3 Å². The summed E-state index contributed by atoms with van der Waals surface area (Å²) in [7, 11) is 2.03. The van der Waals surface area contributed by atoms with Crippen molar-refractivity contribution in [1.29, 1.82) is 0 Å². The number of unbranched alkanes of at least 4 members (excludes halogenated alkanes) is 1. The third-order valence-corrected chi connectivity index (χ3v) is 14.6. The summed E-state index contributed by atoms with van der Waals surface area (Å²) in [5, 5.41) is 29.6. The van der Waals surface area contributed by atoms with E-state index in [9.17, 15) is 48.3 Å². The summed E-state index contributed by atoms with van der Waals surface area (Å²) in [5.41, 5.74) is 14.1. The normalized spacial score (nSPS) is 21.1. The molecular formula is C50H63ClN10O10S2. The fourth-order valence-corrected chi connectivity index (χ4v) is 10.3. The lowest BCUT2D eigenvalue weighted by Gasteiger charge is -2.29. The van der Waals surface area contributed by atoms with E-state index >= 15 is 0 Å². The van der Waals surface area contributed by atoms with Gasteiger partial charge >= 0.3 is 5.97 Å². The van der Waals surface area contributed by atoms with E-state index in [4.69, 9.17) is 23.1 Å². The number of carbonyl (C=O) groups excluding carboxylic acids is 8. The molecule has 1 aliphatic rings. The highest BCUT2D eigenvalue weighted by Crippen LogP contribution is 2.25. The monoisotopic (exact) mass is 1060 g/mol. The molecular weight excluding hydrogens is 1000 g/mol. The fraction of sp³-hybridized carbons (Fsp3) is 0.420. The number of hydrogen-bond donors (Lipinski definition) is 11. The number of fused-ring (bicyclic) bond motifs is 1. The third kappa shape index (κ3) is 18.1. The molecule has 8 amide bonds. The van der Waals surface area contributed by atoms with Gasteiger partial charge in [0.1, 0.15) is 42.3 Å². The van der Waals surface area contributed by atoms with Crippen LogP contribution in [0.3, 0.4) is 0 Å². The van der Waals surface area contributed by atoms with Crippen LogP contribution in [0.25, 0.3) is 10.9 Å². The molecule has 5 rings (SSSR count). The molecule has 0 spiro atoms. The maximum Gasteiger partial charge on any atom is 0.303 e. The van der Waals surface area contributed by atoms with Gasteiger partial charge in [0.15, 0.2) is 0 Å². The van der Waals surface area contributed by atoms with E-state index in [0.717, 1.165) is 32.5 Å². The average molecular weight is 1060 g/mol. The Hall–Kier alpha value is -6.62. The number of aromatic amines is 1. The Morgan fingerprint density at radius 1 is 0.699 bits per heavy atom. The zero-order valence-corrected chi connectivity index (χ0v) is 42.8. The Labute approximate surface area is 435 Å². The Morgan fingerprint density at radius 3 is 1.89 bits per heavy atom. The molecule has 7 atom stereocenters. The minimum Gasteiger partial charge on any atom is -0.481 e. The number of nitrogens with one attached hydrogen (secondary N) is 8. The first kappa shape index (κ1) is 57.3. The van der Waals surface area contributed by atoms with E-state index in [2.05, 4.69) is 42.2 Å². The first-order valence-corrected chi connectivity index (χ1v) is 26.7. The molecule has 0 unspecified atom stereocenters. The Morgan fingerprint density at radius 2 is 1.26 bits per heavy atom. The SMILES string of the molecule is CC(C)[C@H](NC(=O)[C@@H]1CSSC[C@H](NC(=O)CCC(=O)O)C(=O)N[C@@H](Cc2ccccc2)C(=O)N[C@@H](Cc2c[nH]c3ccccc23)C(=O)N[C@@H](CCCCN)C(=O)N[C@@H](Cc2ccc(Cl)cc2)C(=O)N1)C(N)=O. The minimum absolute atomic E-state index is 0.0622. The molecule has 1 aliphatic heterocycles. The van der Waals surface area contributed by atoms with E-state index in [1.807, 2.05) is 24.3 Å². The van der Waals surface area contributed by atoms with Crippen molar-refractivity contribution < 1.29 is 48.3 Å². The van der Waals surface area contributed by atoms with Crippen LogP contribution in [-0.2, 0) is 62.4 Å². The Bertz CT molecular complexity index is 2570. The summed E-state index contributed by atoms with van der Waals surface area (Å²) < 4.78 is 0. The van der Waals surface area contributed by atoms with Crippen LogP contribution >= 0.6 is 33.2 Å². The quantitative estimate of drug-likeness (QED) is 0.0501. The van der Waals surface area contributed by atoms with Gasteiger partial charge in [0, 0.05) is 59.3 Å². The lowest BCUT2D eigenvalue weighted by atomic mass is 10.0. The first-order valence-electron chi connectivity index (χ1n) is 23.8. The number of halogens is 1. The van der Waals surface area contributed by atoms with Gasteiger partial charge in [-0.05, 0) is 66.6 Å². The molecule has 3 aromatic carbocycles. The van der Waals surface area contributed by atoms with E-state index < -0.39 is 114 Å². The predicted molar refractivity (Wildman–Crippen MR) is 280 cm³/mol. The molecule has 73 heavy (non-hydrogen) atoms. The fourth-order valence-electron chi connectivity index (χ4n) is 7.88. The number of carbonyl (C=O) groups is 9. The number of para-hydroxylation sites is 1. The first-order chi connectivity index (χ1) is 34.9. The molecule has 2 heterocycles. The molecule has 4 aromatic rings. The van der Waals surface area contributed by atoms with Crippen molar-refractivity contribution in [3.8, 4) is 0 Å². The standard InChI is InChI=1S/C50H63ClN10O10S2/c1-28(2)43(44(53)65)61-50(71)40-27-73-72-26-39(55-41(62)19-20-42(63)64)49(70)58-36(22-29-10-4-3-5-11-29)46(67)59-38(24-31-25-54-34-13-7-6-12-33(31)34)48(69)56-35(14-8-9-21-52)45(66)57-37(47(68)60-40)23-30-15-17-32(51)18-16-30/h3-7,10-13,15-18,25,28,35-40,43,54H,8-9,14,19-24,26-27,52H2,1-2H3,(H2,53,65)(H,55,62)(H,56,69)(H,57,66)(H,58,70)(H,59,67)(H,60,68)(H,61,71)(H,63,64)/t35-,36-,37-,38-,39-,40-,43-/m0/s1. The lowest BCUT2D eigenvalue weighted by Crippen LogP contribution is -2.61. The maximum atomic E-state index is 14.8. The number of aromatic nitrogens is 1. The molecule has 0 bridgehead atoms. The summed E-state index contributed by atoms with van der Waals surface area (Å²) in [5.74, 6) is -8.42. The number of benzene rings is 3. The number of nitrogens with two attached hydrogens (primary N) is 2. The van der Waals surface area contributed by atoms with Crippen molar-refractivity contribution >= 4 is 97.3 Å². The van der Waals surface area contributed by atoms with E-state index in [0.29, 0.717) is 34.6 Å². The number of amides is 8.